The van der Waals surface area contributed by atoms with E-state index in [0.717, 1.165) is 23.7 Å². The van der Waals surface area contributed by atoms with Crippen LogP contribution in [0.1, 0.15) is 44.2 Å². The number of rotatable bonds is 10. The Kier molecular flexibility index (Phi) is 9.95. The number of carbonyl (C=O) groups excluding carboxylic acids is 3. The van der Waals surface area contributed by atoms with Crippen molar-refractivity contribution >= 4 is 33.8 Å². The van der Waals surface area contributed by atoms with Gasteiger partial charge in [-0.3, -0.25) is 9.59 Å². The fourth-order valence-corrected chi connectivity index (χ4v) is 3.01. The summed E-state index contributed by atoms with van der Waals surface area (Å²) in [7, 11) is 0. The topological polar surface area (TPSA) is 81.7 Å². The SMILES string of the molecule is CCOC(=O)C(NC(C)=O)C(C(=O)OCC)c1ccccc1CCCBr. The Morgan fingerprint density at radius 2 is 1.69 bits per heavy atom. The minimum absolute atomic E-state index is 0.149. The van der Waals surface area contributed by atoms with Gasteiger partial charge in [-0.25, -0.2) is 4.79 Å². The van der Waals surface area contributed by atoms with Gasteiger partial charge in [0.2, 0.25) is 5.91 Å². The zero-order chi connectivity index (χ0) is 19.5. The molecule has 0 spiro atoms. The van der Waals surface area contributed by atoms with E-state index < -0.39 is 29.8 Å². The van der Waals surface area contributed by atoms with E-state index >= 15 is 0 Å². The highest BCUT2D eigenvalue weighted by molar-refractivity contribution is 9.09. The van der Waals surface area contributed by atoms with Gasteiger partial charge in [0.25, 0.3) is 0 Å². The number of ether oxygens (including phenoxy) is 2. The summed E-state index contributed by atoms with van der Waals surface area (Å²) in [6.07, 6.45) is 1.60. The van der Waals surface area contributed by atoms with Gasteiger partial charge in [0.05, 0.1) is 13.2 Å². The molecule has 1 amide bonds. The van der Waals surface area contributed by atoms with Crippen molar-refractivity contribution in [2.45, 2.75) is 45.6 Å². The van der Waals surface area contributed by atoms with Crippen LogP contribution in [0.2, 0.25) is 0 Å². The van der Waals surface area contributed by atoms with Crippen molar-refractivity contribution in [3.8, 4) is 0 Å². The van der Waals surface area contributed by atoms with Gasteiger partial charge in [-0.2, -0.15) is 0 Å². The Morgan fingerprint density at radius 3 is 2.27 bits per heavy atom. The number of halogens is 1. The molecule has 0 fully saturated rings. The summed E-state index contributed by atoms with van der Waals surface area (Å²) >= 11 is 3.40. The fraction of sp³-hybridized carbons (Fsp3) is 0.526. The Balaban J connectivity index is 3.39. The molecule has 7 heteroatoms. The van der Waals surface area contributed by atoms with E-state index in [2.05, 4.69) is 21.2 Å². The predicted octanol–water partition coefficient (Wildman–Crippen LogP) is 2.73. The summed E-state index contributed by atoms with van der Waals surface area (Å²) in [4.78, 5) is 36.8. The monoisotopic (exact) mass is 427 g/mol. The maximum Gasteiger partial charge on any atom is 0.329 e. The van der Waals surface area contributed by atoms with Crippen LogP contribution in [-0.2, 0) is 30.3 Å². The lowest BCUT2D eigenvalue weighted by atomic mass is 9.86. The summed E-state index contributed by atoms with van der Waals surface area (Å²) in [5.74, 6) is -2.61. The first-order valence-electron chi connectivity index (χ1n) is 8.70. The summed E-state index contributed by atoms with van der Waals surface area (Å²) in [6, 6.07) is 6.25. The number of hydrogen-bond donors (Lipinski definition) is 1. The van der Waals surface area contributed by atoms with Crippen molar-refractivity contribution < 1.29 is 23.9 Å². The molecule has 2 unspecified atom stereocenters. The van der Waals surface area contributed by atoms with E-state index in [1.54, 1.807) is 26.0 Å². The molecule has 0 bridgehead atoms. The first-order valence-corrected chi connectivity index (χ1v) is 9.82. The number of aryl methyl sites for hydroxylation is 1. The highest BCUT2D eigenvalue weighted by Crippen LogP contribution is 2.27. The largest absolute Gasteiger partial charge is 0.465 e. The first-order chi connectivity index (χ1) is 12.5. The highest BCUT2D eigenvalue weighted by atomic mass is 79.9. The second-order valence-electron chi connectivity index (χ2n) is 5.65. The van der Waals surface area contributed by atoms with Gasteiger partial charge in [-0.1, -0.05) is 40.2 Å². The summed E-state index contributed by atoms with van der Waals surface area (Å²) in [5.41, 5.74) is 1.60. The molecule has 0 aliphatic heterocycles. The third kappa shape index (κ3) is 6.44. The molecule has 2 atom stereocenters. The summed E-state index contributed by atoms with van der Waals surface area (Å²) in [5, 5.41) is 3.38. The molecule has 0 radical (unpaired) electrons. The third-order valence-electron chi connectivity index (χ3n) is 3.74. The van der Waals surface area contributed by atoms with Crippen LogP contribution in [0.25, 0.3) is 0 Å². The van der Waals surface area contributed by atoms with Gasteiger partial charge < -0.3 is 14.8 Å². The fourth-order valence-electron chi connectivity index (χ4n) is 2.73. The molecule has 1 aromatic carbocycles. The van der Waals surface area contributed by atoms with E-state index in [4.69, 9.17) is 9.47 Å². The quantitative estimate of drug-likeness (QED) is 0.458. The van der Waals surface area contributed by atoms with Crippen LogP contribution in [0.4, 0.5) is 0 Å². The van der Waals surface area contributed by atoms with Crippen LogP contribution in [0, 0.1) is 0 Å². The van der Waals surface area contributed by atoms with Gasteiger partial charge in [-0.05, 0) is 37.8 Å². The first kappa shape index (κ1) is 22.2. The van der Waals surface area contributed by atoms with E-state index in [9.17, 15) is 14.4 Å². The average Bonchev–Trinajstić information content (AvgIpc) is 2.60. The average molecular weight is 428 g/mol. The maximum atomic E-state index is 12.7. The van der Waals surface area contributed by atoms with E-state index in [-0.39, 0.29) is 13.2 Å². The lowest BCUT2D eigenvalue weighted by Crippen LogP contribution is -2.48. The number of carbonyl (C=O) groups is 3. The van der Waals surface area contributed by atoms with Crippen LogP contribution in [0.3, 0.4) is 0 Å². The maximum absolute atomic E-state index is 12.7. The van der Waals surface area contributed by atoms with Crippen LogP contribution < -0.4 is 5.32 Å². The van der Waals surface area contributed by atoms with Crippen molar-refractivity contribution in [1.29, 1.82) is 0 Å². The van der Waals surface area contributed by atoms with Gasteiger partial charge in [0.1, 0.15) is 12.0 Å². The number of alkyl halides is 1. The number of hydrogen-bond acceptors (Lipinski definition) is 5. The Bertz CT molecular complexity index is 620. The lowest BCUT2D eigenvalue weighted by Gasteiger charge is -2.26. The molecule has 1 rings (SSSR count). The minimum atomic E-state index is -1.14. The molecule has 1 aromatic rings. The summed E-state index contributed by atoms with van der Waals surface area (Å²) in [6.45, 7) is 4.99. The molecule has 0 heterocycles. The molecular weight excluding hydrogens is 402 g/mol. The summed E-state index contributed by atoms with van der Waals surface area (Å²) < 4.78 is 10.3. The molecule has 144 valence electrons. The van der Waals surface area contributed by atoms with Crippen LogP contribution >= 0.6 is 15.9 Å². The lowest BCUT2D eigenvalue weighted by molar-refractivity contribution is -0.155. The molecule has 1 N–H and O–H groups in total. The molecule has 26 heavy (non-hydrogen) atoms. The standard InChI is InChI=1S/C19H26BrNO5/c1-4-25-18(23)16(17(21-13(3)22)19(24)26-5-2)15-11-7-6-9-14(15)10-8-12-20/h6-7,9,11,16-17H,4-5,8,10,12H2,1-3H3,(H,21,22). The predicted molar refractivity (Wildman–Crippen MR) is 102 cm³/mol. The van der Waals surface area contributed by atoms with Crippen molar-refractivity contribution in [2.24, 2.45) is 0 Å². The number of esters is 2. The van der Waals surface area contributed by atoms with Crippen molar-refractivity contribution in [3.05, 3.63) is 35.4 Å². The molecule has 0 aliphatic rings. The molecule has 6 nitrogen and oxygen atoms in total. The van der Waals surface area contributed by atoms with E-state index in [1.807, 2.05) is 12.1 Å². The zero-order valence-electron chi connectivity index (χ0n) is 15.4. The minimum Gasteiger partial charge on any atom is -0.465 e. The Hall–Kier alpha value is -1.89. The number of nitrogens with one attached hydrogen (secondary N) is 1. The smallest absolute Gasteiger partial charge is 0.329 e. The van der Waals surface area contributed by atoms with Crippen LogP contribution in [0.5, 0.6) is 0 Å². The van der Waals surface area contributed by atoms with Gasteiger partial charge in [-0.15, -0.1) is 0 Å². The van der Waals surface area contributed by atoms with E-state index in [0.29, 0.717) is 5.56 Å². The van der Waals surface area contributed by atoms with Crippen molar-refractivity contribution in [3.63, 3.8) is 0 Å². The van der Waals surface area contributed by atoms with E-state index in [1.165, 1.54) is 6.92 Å². The molecule has 0 saturated heterocycles. The molecule has 0 aromatic heterocycles. The normalized spacial score (nSPS) is 12.8. The van der Waals surface area contributed by atoms with Gasteiger partial charge in [0, 0.05) is 12.3 Å². The van der Waals surface area contributed by atoms with Crippen LogP contribution in [0.15, 0.2) is 24.3 Å². The molecular formula is C19H26BrNO5. The number of benzene rings is 1. The van der Waals surface area contributed by atoms with Crippen LogP contribution in [-0.4, -0.2) is 42.4 Å². The van der Waals surface area contributed by atoms with Gasteiger partial charge in [0.15, 0.2) is 0 Å². The Labute approximate surface area is 162 Å². The van der Waals surface area contributed by atoms with Crippen molar-refractivity contribution in [2.75, 3.05) is 18.5 Å². The number of amides is 1. The Morgan fingerprint density at radius 1 is 1.08 bits per heavy atom. The molecule has 0 aliphatic carbocycles. The second kappa shape index (κ2) is 11.7. The highest BCUT2D eigenvalue weighted by Gasteiger charge is 2.39. The zero-order valence-corrected chi connectivity index (χ0v) is 17.0. The third-order valence-corrected chi connectivity index (χ3v) is 4.30. The second-order valence-corrected chi connectivity index (χ2v) is 6.44. The molecule has 0 saturated carbocycles. The van der Waals surface area contributed by atoms with Gasteiger partial charge >= 0.3 is 11.9 Å². The van der Waals surface area contributed by atoms with Crippen molar-refractivity contribution in [1.82, 2.24) is 5.32 Å².